The van der Waals surface area contributed by atoms with Crippen LogP contribution in [-0.2, 0) is 6.61 Å². The minimum atomic E-state index is 0.398. The lowest BCUT2D eigenvalue weighted by molar-refractivity contribution is 0.306. The zero-order chi connectivity index (χ0) is 16.1. The molecular formula is C16H12Cl2N4O. The molecule has 1 heterocycles. The highest BCUT2D eigenvalue weighted by Gasteiger charge is 2.04. The molecule has 1 aromatic heterocycles. The molecule has 0 aliphatic heterocycles. The number of nitrogens with zero attached hydrogens (tertiary/aromatic N) is 4. The van der Waals surface area contributed by atoms with Crippen molar-refractivity contribution in [2.75, 3.05) is 0 Å². The molecular weight excluding hydrogens is 335 g/mol. The molecule has 0 aliphatic rings. The van der Waals surface area contributed by atoms with Crippen LogP contribution in [0.1, 0.15) is 11.1 Å². The Labute approximate surface area is 143 Å². The Morgan fingerprint density at radius 1 is 1.04 bits per heavy atom. The molecule has 23 heavy (non-hydrogen) atoms. The van der Waals surface area contributed by atoms with Crippen LogP contribution in [0, 0.1) is 0 Å². The van der Waals surface area contributed by atoms with Gasteiger partial charge in [-0.2, -0.15) is 5.10 Å². The highest BCUT2D eigenvalue weighted by molar-refractivity contribution is 6.31. The summed E-state index contributed by atoms with van der Waals surface area (Å²) in [6.07, 6.45) is 4.63. The predicted octanol–water partition coefficient (Wildman–Crippen LogP) is 4.05. The summed E-state index contributed by atoms with van der Waals surface area (Å²) in [7, 11) is 0. The molecule has 0 saturated heterocycles. The maximum Gasteiger partial charge on any atom is 0.141 e. The van der Waals surface area contributed by atoms with Crippen molar-refractivity contribution in [3.8, 4) is 5.75 Å². The normalized spacial score (nSPS) is 11.0. The van der Waals surface area contributed by atoms with Gasteiger partial charge in [-0.25, -0.2) is 4.68 Å². The van der Waals surface area contributed by atoms with Gasteiger partial charge in [0.1, 0.15) is 25.0 Å². The lowest BCUT2D eigenvalue weighted by Gasteiger charge is -2.10. The summed E-state index contributed by atoms with van der Waals surface area (Å²) in [5, 5.41) is 12.9. The Bertz CT molecular complexity index is 819. The zero-order valence-corrected chi connectivity index (χ0v) is 13.4. The minimum absolute atomic E-state index is 0.398. The number of benzene rings is 2. The van der Waals surface area contributed by atoms with Crippen LogP contribution in [0.5, 0.6) is 5.75 Å². The van der Waals surface area contributed by atoms with Crippen molar-refractivity contribution in [2.24, 2.45) is 5.10 Å². The van der Waals surface area contributed by atoms with Crippen LogP contribution in [0.4, 0.5) is 0 Å². The van der Waals surface area contributed by atoms with Gasteiger partial charge < -0.3 is 4.74 Å². The standard InChI is InChI=1S/C16H12Cl2N4O/c17-14-3-1-2-12(6-14)9-23-16-5-4-15(18)7-13(16)8-21-22-10-19-20-11-22/h1-8,10-11H,9H2/b21-8-. The minimum Gasteiger partial charge on any atom is -0.488 e. The van der Waals surface area contributed by atoms with Gasteiger partial charge in [0.2, 0.25) is 0 Å². The molecule has 0 bridgehead atoms. The Kier molecular flexibility index (Phi) is 4.90. The van der Waals surface area contributed by atoms with E-state index in [2.05, 4.69) is 15.3 Å². The number of halogens is 2. The predicted molar refractivity (Wildman–Crippen MR) is 90.3 cm³/mol. The first-order valence-electron chi connectivity index (χ1n) is 6.76. The van der Waals surface area contributed by atoms with E-state index in [1.54, 1.807) is 24.4 Å². The van der Waals surface area contributed by atoms with E-state index in [1.807, 2.05) is 24.3 Å². The van der Waals surface area contributed by atoms with Crippen molar-refractivity contribution < 1.29 is 4.74 Å². The van der Waals surface area contributed by atoms with Crippen molar-refractivity contribution in [3.05, 3.63) is 76.3 Å². The van der Waals surface area contributed by atoms with Gasteiger partial charge in [-0.05, 0) is 35.9 Å². The van der Waals surface area contributed by atoms with E-state index in [4.69, 9.17) is 27.9 Å². The summed E-state index contributed by atoms with van der Waals surface area (Å²) in [4.78, 5) is 0. The maximum absolute atomic E-state index is 6.05. The molecule has 3 rings (SSSR count). The first kappa shape index (κ1) is 15.5. The van der Waals surface area contributed by atoms with Crippen molar-refractivity contribution in [3.63, 3.8) is 0 Å². The third kappa shape index (κ3) is 4.31. The van der Waals surface area contributed by atoms with Gasteiger partial charge in [-0.1, -0.05) is 35.3 Å². The van der Waals surface area contributed by atoms with E-state index < -0.39 is 0 Å². The molecule has 5 nitrogen and oxygen atoms in total. The van der Waals surface area contributed by atoms with Gasteiger partial charge in [-0.3, -0.25) is 0 Å². The summed E-state index contributed by atoms with van der Waals surface area (Å²) in [5.41, 5.74) is 1.74. The fourth-order valence-electron chi connectivity index (χ4n) is 1.92. The van der Waals surface area contributed by atoms with E-state index in [1.165, 1.54) is 17.3 Å². The van der Waals surface area contributed by atoms with E-state index in [0.717, 1.165) is 11.1 Å². The SMILES string of the molecule is Clc1cccc(COc2ccc(Cl)cc2/C=N\n2cnnc2)c1. The van der Waals surface area contributed by atoms with Gasteiger partial charge in [0.15, 0.2) is 0 Å². The van der Waals surface area contributed by atoms with Crippen LogP contribution < -0.4 is 4.74 Å². The Balaban J connectivity index is 1.78. The fraction of sp³-hybridized carbons (Fsp3) is 0.0625. The average Bonchev–Trinajstić information content (AvgIpc) is 3.05. The number of aromatic nitrogens is 3. The fourth-order valence-corrected chi connectivity index (χ4v) is 2.32. The summed E-state index contributed by atoms with van der Waals surface area (Å²) in [6, 6.07) is 12.9. The Hall–Kier alpha value is -2.37. The second kappa shape index (κ2) is 7.26. The summed E-state index contributed by atoms with van der Waals surface area (Å²) in [6.45, 7) is 0.398. The molecule has 0 aliphatic carbocycles. The quantitative estimate of drug-likeness (QED) is 0.655. The highest BCUT2D eigenvalue weighted by atomic mass is 35.5. The van der Waals surface area contributed by atoms with E-state index in [0.29, 0.717) is 22.4 Å². The lowest BCUT2D eigenvalue weighted by atomic mass is 10.2. The molecule has 7 heteroatoms. The Morgan fingerprint density at radius 3 is 2.61 bits per heavy atom. The van der Waals surface area contributed by atoms with Crippen LogP contribution >= 0.6 is 23.2 Å². The first-order valence-corrected chi connectivity index (χ1v) is 7.52. The third-order valence-corrected chi connectivity index (χ3v) is 3.46. The summed E-state index contributed by atoms with van der Waals surface area (Å²) >= 11 is 12.0. The molecule has 3 aromatic rings. The molecule has 0 fully saturated rings. The van der Waals surface area contributed by atoms with Gasteiger partial charge in [-0.15, -0.1) is 10.2 Å². The maximum atomic E-state index is 6.05. The molecule has 0 saturated carbocycles. The summed E-state index contributed by atoms with van der Waals surface area (Å²) in [5.74, 6) is 0.672. The second-order valence-corrected chi connectivity index (χ2v) is 5.56. The van der Waals surface area contributed by atoms with E-state index in [9.17, 15) is 0 Å². The number of hydrogen-bond acceptors (Lipinski definition) is 4. The van der Waals surface area contributed by atoms with Gasteiger partial charge in [0.25, 0.3) is 0 Å². The smallest absolute Gasteiger partial charge is 0.141 e. The molecule has 0 atom stereocenters. The van der Waals surface area contributed by atoms with Gasteiger partial charge >= 0.3 is 0 Å². The third-order valence-electron chi connectivity index (χ3n) is 2.99. The highest BCUT2D eigenvalue weighted by Crippen LogP contribution is 2.23. The summed E-state index contributed by atoms with van der Waals surface area (Å²) < 4.78 is 7.34. The molecule has 0 N–H and O–H groups in total. The van der Waals surface area contributed by atoms with Crippen LogP contribution in [0.2, 0.25) is 10.0 Å². The lowest BCUT2D eigenvalue weighted by Crippen LogP contribution is -1.99. The zero-order valence-electron chi connectivity index (χ0n) is 11.9. The number of rotatable bonds is 5. The Morgan fingerprint density at radius 2 is 1.83 bits per heavy atom. The molecule has 0 spiro atoms. The topological polar surface area (TPSA) is 52.3 Å². The molecule has 116 valence electrons. The second-order valence-electron chi connectivity index (χ2n) is 4.69. The van der Waals surface area contributed by atoms with Crippen LogP contribution in [-0.4, -0.2) is 21.1 Å². The van der Waals surface area contributed by atoms with Crippen molar-refractivity contribution in [2.45, 2.75) is 6.61 Å². The molecule has 0 radical (unpaired) electrons. The van der Waals surface area contributed by atoms with E-state index in [-0.39, 0.29) is 0 Å². The van der Waals surface area contributed by atoms with Crippen molar-refractivity contribution >= 4 is 29.4 Å². The van der Waals surface area contributed by atoms with Crippen molar-refractivity contribution in [1.29, 1.82) is 0 Å². The van der Waals surface area contributed by atoms with Gasteiger partial charge in [0, 0.05) is 15.6 Å². The number of hydrogen-bond donors (Lipinski definition) is 0. The first-order chi connectivity index (χ1) is 11.2. The molecule has 0 unspecified atom stereocenters. The average molecular weight is 347 g/mol. The van der Waals surface area contributed by atoms with Crippen LogP contribution in [0.3, 0.4) is 0 Å². The monoisotopic (exact) mass is 346 g/mol. The van der Waals surface area contributed by atoms with Crippen LogP contribution in [0.15, 0.2) is 60.2 Å². The molecule has 0 amide bonds. The largest absolute Gasteiger partial charge is 0.488 e. The van der Waals surface area contributed by atoms with Crippen molar-refractivity contribution in [1.82, 2.24) is 14.9 Å². The van der Waals surface area contributed by atoms with Gasteiger partial charge in [0.05, 0.1) is 6.21 Å². The van der Waals surface area contributed by atoms with Crippen LogP contribution in [0.25, 0.3) is 0 Å². The number of ether oxygens (including phenoxy) is 1. The molecule has 2 aromatic carbocycles. The van der Waals surface area contributed by atoms with E-state index >= 15 is 0 Å².